The van der Waals surface area contributed by atoms with Crippen LogP contribution in [0.25, 0.3) is 11.3 Å². The Balaban J connectivity index is 1.70. The summed E-state index contributed by atoms with van der Waals surface area (Å²) in [6.45, 7) is 2.57. The summed E-state index contributed by atoms with van der Waals surface area (Å²) in [7, 11) is 1.87. The molecule has 0 bridgehead atoms. The third-order valence-corrected chi connectivity index (χ3v) is 4.06. The Morgan fingerprint density at radius 1 is 1.20 bits per heavy atom. The first-order valence-electron chi connectivity index (χ1n) is 8.47. The number of pyridine rings is 1. The second kappa shape index (κ2) is 7.75. The average Bonchev–Trinajstić information content (AvgIpc) is 3.07. The molecule has 0 saturated carbocycles. The van der Waals surface area contributed by atoms with Crippen molar-refractivity contribution in [2.24, 2.45) is 7.05 Å². The minimum atomic E-state index is -0.0796. The number of aromatic nitrogens is 3. The zero-order valence-corrected chi connectivity index (χ0v) is 14.6. The molecule has 3 rings (SSSR count). The predicted octanol–water partition coefficient (Wildman–Crippen LogP) is 3.36. The van der Waals surface area contributed by atoms with E-state index in [1.807, 2.05) is 49.6 Å². The van der Waals surface area contributed by atoms with Gasteiger partial charge in [-0.2, -0.15) is 5.10 Å². The highest BCUT2D eigenvalue weighted by molar-refractivity contribution is 5.94. The van der Waals surface area contributed by atoms with Gasteiger partial charge in [0.1, 0.15) is 0 Å². The van der Waals surface area contributed by atoms with Gasteiger partial charge < -0.3 is 5.32 Å². The van der Waals surface area contributed by atoms with E-state index in [0.717, 1.165) is 29.7 Å². The van der Waals surface area contributed by atoms with Crippen molar-refractivity contribution in [3.05, 3.63) is 71.7 Å². The van der Waals surface area contributed by atoms with E-state index in [-0.39, 0.29) is 5.91 Å². The molecule has 0 aliphatic rings. The third kappa shape index (κ3) is 4.12. The number of nitrogens with zero attached hydrogens (tertiary/aromatic N) is 3. The molecule has 3 aromatic rings. The van der Waals surface area contributed by atoms with Gasteiger partial charge in [-0.1, -0.05) is 31.5 Å². The highest BCUT2D eigenvalue weighted by Gasteiger charge is 2.10. The second-order valence-corrected chi connectivity index (χ2v) is 6.04. The molecule has 0 fully saturated rings. The average molecular weight is 334 g/mol. The van der Waals surface area contributed by atoms with Gasteiger partial charge in [-0.25, -0.2) is 0 Å². The van der Waals surface area contributed by atoms with E-state index in [1.165, 1.54) is 5.56 Å². The van der Waals surface area contributed by atoms with Crippen molar-refractivity contribution in [3.63, 3.8) is 0 Å². The number of hydrogen-bond acceptors (Lipinski definition) is 3. The van der Waals surface area contributed by atoms with Crippen molar-refractivity contribution < 1.29 is 4.79 Å². The molecule has 0 aliphatic carbocycles. The van der Waals surface area contributed by atoms with Crippen LogP contribution in [0.5, 0.6) is 0 Å². The molecule has 128 valence electrons. The molecule has 1 N–H and O–H groups in total. The van der Waals surface area contributed by atoms with Crippen molar-refractivity contribution in [1.82, 2.24) is 20.1 Å². The van der Waals surface area contributed by atoms with Crippen LogP contribution in [0.15, 0.2) is 55.0 Å². The number of rotatable bonds is 6. The molecule has 1 amide bonds. The van der Waals surface area contributed by atoms with Crippen LogP contribution in [0.2, 0.25) is 0 Å². The maximum absolute atomic E-state index is 12.4. The minimum Gasteiger partial charge on any atom is -0.348 e. The van der Waals surface area contributed by atoms with E-state index in [4.69, 9.17) is 0 Å². The Kier molecular flexibility index (Phi) is 5.23. The van der Waals surface area contributed by atoms with E-state index in [1.54, 1.807) is 17.1 Å². The summed E-state index contributed by atoms with van der Waals surface area (Å²) in [6, 6.07) is 11.6. The van der Waals surface area contributed by atoms with Gasteiger partial charge in [0, 0.05) is 37.1 Å². The summed E-state index contributed by atoms with van der Waals surface area (Å²) in [6.07, 6.45) is 7.58. The van der Waals surface area contributed by atoms with Gasteiger partial charge in [-0.15, -0.1) is 0 Å². The van der Waals surface area contributed by atoms with Gasteiger partial charge in [0.25, 0.3) is 5.91 Å². The van der Waals surface area contributed by atoms with E-state index in [2.05, 4.69) is 22.3 Å². The van der Waals surface area contributed by atoms with Crippen LogP contribution in [0.1, 0.15) is 34.8 Å². The van der Waals surface area contributed by atoms with Crippen molar-refractivity contribution in [2.45, 2.75) is 26.3 Å². The van der Waals surface area contributed by atoms with Crippen LogP contribution in [0.4, 0.5) is 0 Å². The summed E-state index contributed by atoms with van der Waals surface area (Å²) in [4.78, 5) is 16.8. The fourth-order valence-electron chi connectivity index (χ4n) is 2.77. The summed E-state index contributed by atoms with van der Waals surface area (Å²) < 4.78 is 1.74. The van der Waals surface area contributed by atoms with Crippen LogP contribution in [-0.2, 0) is 20.0 Å². The van der Waals surface area contributed by atoms with Gasteiger partial charge in [0.15, 0.2) is 0 Å². The van der Waals surface area contributed by atoms with Gasteiger partial charge in [-0.05, 0) is 35.7 Å². The summed E-state index contributed by atoms with van der Waals surface area (Å²) in [5.41, 5.74) is 4.67. The molecule has 0 spiro atoms. The quantitative estimate of drug-likeness (QED) is 0.752. The number of nitrogens with one attached hydrogen (secondary N) is 1. The molecule has 2 aromatic heterocycles. The monoisotopic (exact) mass is 334 g/mol. The lowest BCUT2D eigenvalue weighted by molar-refractivity contribution is 0.0951. The number of amides is 1. The lowest BCUT2D eigenvalue weighted by Gasteiger charge is -2.09. The van der Waals surface area contributed by atoms with Crippen LogP contribution in [-0.4, -0.2) is 20.7 Å². The third-order valence-electron chi connectivity index (χ3n) is 4.06. The number of benzene rings is 1. The van der Waals surface area contributed by atoms with E-state index < -0.39 is 0 Å². The smallest absolute Gasteiger partial charge is 0.251 e. The first-order valence-corrected chi connectivity index (χ1v) is 8.47. The molecule has 2 heterocycles. The molecule has 5 nitrogen and oxygen atoms in total. The SMILES string of the molecule is CCCc1ccc(C(=O)NCc2cccnc2-c2cnn(C)c2)cc1. The maximum Gasteiger partial charge on any atom is 0.251 e. The van der Waals surface area contributed by atoms with E-state index >= 15 is 0 Å². The van der Waals surface area contributed by atoms with Gasteiger partial charge in [0.2, 0.25) is 0 Å². The molecule has 0 unspecified atom stereocenters. The van der Waals surface area contributed by atoms with E-state index in [0.29, 0.717) is 12.1 Å². The van der Waals surface area contributed by atoms with Gasteiger partial charge >= 0.3 is 0 Å². The summed E-state index contributed by atoms with van der Waals surface area (Å²) in [5.74, 6) is -0.0796. The largest absolute Gasteiger partial charge is 0.348 e. The Morgan fingerprint density at radius 2 is 2.00 bits per heavy atom. The lowest BCUT2D eigenvalue weighted by atomic mass is 10.1. The zero-order valence-electron chi connectivity index (χ0n) is 14.6. The first-order chi connectivity index (χ1) is 12.2. The normalized spacial score (nSPS) is 10.6. The Hall–Kier alpha value is -2.95. The first kappa shape index (κ1) is 16.9. The Morgan fingerprint density at radius 3 is 2.68 bits per heavy atom. The van der Waals surface area contributed by atoms with Crippen LogP contribution in [0.3, 0.4) is 0 Å². The van der Waals surface area contributed by atoms with Crippen molar-refractivity contribution in [2.75, 3.05) is 0 Å². The van der Waals surface area contributed by atoms with Crippen LogP contribution in [0, 0.1) is 0 Å². The number of carbonyl (C=O) groups is 1. The summed E-state index contributed by atoms with van der Waals surface area (Å²) in [5, 5.41) is 7.17. The Bertz CT molecular complexity index is 852. The fourth-order valence-corrected chi connectivity index (χ4v) is 2.77. The minimum absolute atomic E-state index is 0.0796. The molecule has 0 atom stereocenters. The molecular formula is C20H22N4O. The molecule has 0 aliphatic heterocycles. The maximum atomic E-state index is 12.4. The zero-order chi connectivity index (χ0) is 17.6. The molecule has 0 saturated heterocycles. The van der Waals surface area contributed by atoms with Crippen molar-refractivity contribution >= 4 is 5.91 Å². The molecule has 5 heteroatoms. The molecular weight excluding hydrogens is 312 g/mol. The van der Waals surface area contributed by atoms with Crippen molar-refractivity contribution in [1.29, 1.82) is 0 Å². The van der Waals surface area contributed by atoms with E-state index in [9.17, 15) is 4.79 Å². The number of hydrogen-bond donors (Lipinski definition) is 1. The standard InChI is InChI=1S/C20H22N4O/c1-3-5-15-7-9-16(10-8-15)20(25)22-12-17-6-4-11-21-19(17)18-13-23-24(2)14-18/h4,6-11,13-14H,3,5,12H2,1-2H3,(H,22,25). The van der Waals surface area contributed by atoms with Gasteiger partial charge in [0.05, 0.1) is 11.9 Å². The number of carbonyl (C=O) groups excluding carboxylic acids is 1. The predicted molar refractivity (Wildman–Crippen MR) is 98.0 cm³/mol. The highest BCUT2D eigenvalue weighted by atomic mass is 16.1. The highest BCUT2D eigenvalue weighted by Crippen LogP contribution is 2.20. The second-order valence-electron chi connectivity index (χ2n) is 6.04. The Labute approximate surface area is 147 Å². The topological polar surface area (TPSA) is 59.8 Å². The number of aryl methyl sites for hydroxylation is 2. The summed E-state index contributed by atoms with van der Waals surface area (Å²) >= 11 is 0. The molecule has 0 radical (unpaired) electrons. The van der Waals surface area contributed by atoms with Crippen LogP contribution >= 0.6 is 0 Å². The fraction of sp³-hybridized carbons (Fsp3) is 0.250. The van der Waals surface area contributed by atoms with Crippen molar-refractivity contribution in [3.8, 4) is 11.3 Å². The molecule has 25 heavy (non-hydrogen) atoms. The lowest BCUT2D eigenvalue weighted by Crippen LogP contribution is -2.23. The van der Waals surface area contributed by atoms with Gasteiger partial charge in [-0.3, -0.25) is 14.5 Å². The van der Waals surface area contributed by atoms with Crippen LogP contribution < -0.4 is 5.32 Å². The molecule has 1 aromatic carbocycles.